The summed E-state index contributed by atoms with van der Waals surface area (Å²) < 4.78 is 6.45. The van der Waals surface area contributed by atoms with Gasteiger partial charge >= 0.3 is 126 Å². The monoisotopic (exact) mass is 310 g/mol. The SMILES string of the molecule is CC(=O)[O][Ti]([CH3])([CH3])[CH]1C2=C(CCCC2)C2=C1CCCC2. The first kappa shape index (κ1) is 14.6. The van der Waals surface area contributed by atoms with Gasteiger partial charge in [-0.2, -0.15) is 0 Å². The summed E-state index contributed by atoms with van der Waals surface area (Å²) >= 11 is -2.58. The van der Waals surface area contributed by atoms with Crippen LogP contribution in [-0.2, 0) is 25.1 Å². The van der Waals surface area contributed by atoms with E-state index in [1.807, 2.05) is 0 Å². The number of allylic oxidation sites excluding steroid dienone is 4. The van der Waals surface area contributed by atoms with Gasteiger partial charge in [0, 0.05) is 0 Å². The van der Waals surface area contributed by atoms with Crippen molar-refractivity contribution in [3.63, 3.8) is 0 Å². The van der Waals surface area contributed by atoms with Crippen molar-refractivity contribution < 1.29 is 25.1 Å². The van der Waals surface area contributed by atoms with Gasteiger partial charge in [-0.05, 0) is 0 Å². The molecule has 0 bridgehead atoms. The molecule has 0 atom stereocenters. The predicted octanol–water partition coefficient (Wildman–Crippen LogP) is 5.26. The third kappa shape index (κ3) is 2.46. The Hall–Kier alpha value is -0.336. The van der Waals surface area contributed by atoms with Crippen LogP contribution in [0.3, 0.4) is 0 Å². The van der Waals surface area contributed by atoms with Crippen LogP contribution in [0.25, 0.3) is 0 Å². The number of fused-ring (bicyclic) bond motifs is 1. The molecule has 3 heteroatoms. The minimum atomic E-state index is -2.58. The standard InChI is InChI=1S/C13H17.C2H4O2.2CH3.Ti/c1-3-7-12-10(5-1)9-11-6-2-4-8-13(11)12;1-2(3)4;;;/h9H,1-8H2;1H3,(H,3,4);2*1H3;/q;;;;+1/p-1. The molecule has 0 aromatic heterocycles. The number of hydrogen-bond donors (Lipinski definition) is 0. The van der Waals surface area contributed by atoms with E-state index in [2.05, 4.69) is 10.5 Å². The van der Waals surface area contributed by atoms with E-state index in [0.29, 0.717) is 4.22 Å². The molecule has 0 N–H and O–H groups in total. The van der Waals surface area contributed by atoms with E-state index in [9.17, 15) is 4.79 Å². The summed E-state index contributed by atoms with van der Waals surface area (Å²) in [6, 6.07) is 0. The van der Waals surface area contributed by atoms with Gasteiger partial charge in [-0.3, -0.25) is 0 Å². The molecule has 0 saturated carbocycles. The van der Waals surface area contributed by atoms with Crippen molar-refractivity contribution in [3.8, 4) is 0 Å². The van der Waals surface area contributed by atoms with Gasteiger partial charge in [0.15, 0.2) is 0 Å². The van der Waals surface area contributed by atoms with Gasteiger partial charge in [0.2, 0.25) is 0 Å². The molecular formula is C17H26O2Ti. The predicted molar refractivity (Wildman–Crippen MR) is 78.2 cm³/mol. The summed E-state index contributed by atoms with van der Waals surface area (Å²) in [7, 11) is 0. The van der Waals surface area contributed by atoms with Crippen LogP contribution in [0, 0.1) is 0 Å². The van der Waals surface area contributed by atoms with Gasteiger partial charge in [-0.15, -0.1) is 0 Å². The van der Waals surface area contributed by atoms with Crippen LogP contribution in [0.4, 0.5) is 0 Å². The molecule has 3 rings (SSSR count). The summed E-state index contributed by atoms with van der Waals surface area (Å²) in [5.74, 6) is -0.0715. The first-order chi connectivity index (χ1) is 9.50. The zero-order valence-electron chi connectivity index (χ0n) is 13.1. The molecule has 2 nitrogen and oxygen atoms in total. The Balaban J connectivity index is 2.01. The van der Waals surface area contributed by atoms with E-state index in [0.717, 1.165) is 0 Å². The second-order valence-electron chi connectivity index (χ2n) is 7.05. The van der Waals surface area contributed by atoms with Crippen molar-refractivity contribution in [1.82, 2.24) is 0 Å². The Morgan fingerprint density at radius 3 is 1.85 bits per heavy atom. The Labute approximate surface area is 126 Å². The van der Waals surface area contributed by atoms with Crippen LogP contribution < -0.4 is 0 Å². The van der Waals surface area contributed by atoms with E-state index in [-0.39, 0.29) is 5.97 Å². The molecule has 0 saturated heterocycles. The molecule has 3 aliphatic rings. The normalized spacial score (nSPS) is 23.8. The first-order valence-electron chi connectivity index (χ1n) is 8.14. The van der Waals surface area contributed by atoms with Crippen LogP contribution in [0.5, 0.6) is 0 Å². The van der Waals surface area contributed by atoms with Crippen LogP contribution in [0.15, 0.2) is 22.3 Å². The Morgan fingerprint density at radius 1 is 0.950 bits per heavy atom. The molecule has 0 aliphatic heterocycles. The first-order valence-corrected chi connectivity index (χ1v) is 12.8. The quantitative estimate of drug-likeness (QED) is 0.650. The summed E-state index contributed by atoms with van der Waals surface area (Å²) in [5, 5.41) is 4.58. The topological polar surface area (TPSA) is 26.3 Å². The van der Waals surface area contributed by atoms with Gasteiger partial charge in [0.05, 0.1) is 0 Å². The molecule has 0 unspecified atom stereocenters. The second-order valence-corrected chi connectivity index (χ2v) is 13.3. The van der Waals surface area contributed by atoms with Crippen molar-refractivity contribution in [2.45, 2.75) is 73.0 Å². The molecule has 110 valence electrons. The minimum absolute atomic E-state index is 0.0715. The molecule has 0 amide bonds. The molecule has 0 aromatic rings. The Bertz CT molecular complexity index is 467. The average Bonchev–Trinajstić information content (AvgIpc) is 2.72. The zero-order valence-corrected chi connectivity index (χ0v) is 14.6. The summed E-state index contributed by atoms with van der Waals surface area (Å²) in [4.78, 5) is 11.5. The Kier molecular flexibility index (Phi) is 3.98. The molecule has 3 aliphatic carbocycles. The van der Waals surface area contributed by atoms with Gasteiger partial charge in [-0.25, -0.2) is 0 Å². The van der Waals surface area contributed by atoms with Crippen molar-refractivity contribution >= 4 is 5.97 Å². The van der Waals surface area contributed by atoms with Crippen molar-refractivity contribution in [1.29, 1.82) is 0 Å². The molecule has 0 aromatic carbocycles. The number of carbonyl (C=O) groups is 1. The Morgan fingerprint density at radius 2 is 1.40 bits per heavy atom. The van der Waals surface area contributed by atoms with E-state index in [1.54, 1.807) is 29.2 Å². The van der Waals surface area contributed by atoms with Crippen LogP contribution in [0.2, 0.25) is 14.7 Å². The zero-order chi connectivity index (χ0) is 14.3. The van der Waals surface area contributed by atoms with Crippen LogP contribution >= 0.6 is 0 Å². The summed E-state index contributed by atoms with van der Waals surface area (Å²) in [6.45, 7) is 1.58. The second kappa shape index (κ2) is 5.46. The fourth-order valence-electron chi connectivity index (χ4n) is 4.66. The third-order valence-corrected chi connectivity index (χ3v) is 9.71. The van der Waals surface area contributed by atoms with E-state index >= 15 is 0 Å². The summed E-state index contributed by atoms with van der Waals surface area (Å²) in [6.07, 6.45) is 10.4. The van der Waals surface area contributed by atoms with Gasteiger partial charge in [-0.1, -0.05) is 0 Å². The van der Waals surface area contributed by atoms with Gasteiger partial charge < -0.3 is 0 Å². The van der Waals surface area contributed by atoms with Crippen LogP contribution in [0.1, 0.15) is 58.3 Å². The molecule has 0 radical (unpaired) electrons. The summed E-state index contributed by atoms with van der Waals surface area (Å²) in [5.41, 5.74) is 6.77. The number of carbonyl (C=O) groups excluding carboxylic acids is 1. The molecule has 0 fully saturated rings. The van der Waals surface area contributed by atoms with Crippen molar-refractivity contribution in [2.75, 3.05) is 0 Å². The third-order valence-electron chi connectivity index (χ3n) is 5.18. The van der Waals surface area contributed by atoms with E-state index < -0.39 is 17.0 Å². The van der Waals surface area contributed by atoms with Crippen molar-refractivity contribution in [2.24, 2.45) is 0 Å². The van der Waals surface area contributed by atoms with E-state index in [1.165, 1.54) is 51.4 Å². The maximum atomic E-state index is 11.5. The fourth-order valence-corrected chi connectivity index (χ4v) is 9.62. The van der Waals surface area contributed by atoms with E-state index in [4.69, 9.17) is 3.32 Å². The molecule has 0 spiro atoms. The number of hydrogen-bond acceptors (Lipinski definition) is 2. The molecular weight excluding hydrogens is 284 g/mol. The number of rotatable bonds is 2. The van der Waals surface area contributed by atoms with Crippen molar-refractivity contribution in [3.05, 3.63) is 22.3 Å². The fraction of sp³-hybridized carbons (Fsp3) is 0.706. The van der Waals surface area contributed by atoms with Gasteiger partial charge in [0.25, 0.3) is 0 Å². The van der Waals surface area contributed by atoms with Gasteiger partial charge in [0.1, 0.15) is 0 Å². The molecule has 0 heterocycles. The molecule has 20 heavy (non-hydrogen) atoms. The average molecular weight is 310 g/mol. The maximum absolute atomic E-state index is 11.5. The van der Waals surface area contributed by atoms with Crippen LogP contribution in [-0.4, -0.2) is 5.97 Å².